The molecule has 4 unspecified atom stereocenters. The standard InChI is InChI=1S/C25H48N2O10S2/c1-3-25(30)37-16-12-10-8-6-4-5-7-9-11-13-26-14-15-27(2,19-24(29)21-39(34,35)36)18-22(26)17-23(28)20-38(31,32)33/h3,22-24,28-29H,1,4-21H2,2H3,(H-,31,32,33,34,35,36)/p+1. The number of aliphatic hydroxyl groups excluding tert-OH is 2. The first kappa shape index (κ1) is 35.9. The molecular formula is C25H49N2O10S2+. The zero-order valence-corrected chi connectivity index (χ0v) is 24.8. The molecule has 12 nitrogen and oxygen atoms in total. The first-order valence-electron chi connectivity index (χ1n) is 13.8. The topological polar surface area (TPSA) is 179 Å². The van der Waals surface area contributed by atoms with E-state index >= 15 is 0 Å². The summed E-state index contributed by atoms with van der Waals surface area (Å²) >= 11 is 0. The number of unbranched alkanes of at least 4 members (excludes halogenated alkanes) is 8. The summed E-state index contributed by atoms with van der Waals surface area (Å²) in [4.78, 5) is 13.2. The molecule has 1 aliphatic rings. The van der Waals surface area contributed by atoms with E-state index < -0.39 is 43.9 Å². The average molecular weight is 602 g/mol. The zero-order valence-electron chi connectivity index (χ0n) is 23.2. The summed E-state index contributed by atoms with van der Waals surface area (Å²) in [5.74, 6) is -1.90. The molecule has 0 aromatic heterocycles. The number of nitrogens with zero attached hydrogens (tertiary/aromatic N) is 2. The Morgan fingerprint density at radius 3 is 2.00 bits per heavy atom. The Hall–Kier alpha value is -1.13. The fourth-order valence-electron chi connectivity index (χ4n) is 5.27. The highest BCUT2D eigenvalue weighted by molar-refractivity contribution is 7.86. The van der Waals surface area contributed by atoms with E-state index in [1.807, 2.05) is 7.05 Å². The maximum atomic E-state index is 11.2. The minimum Gasteiger partial charge on any atom is -0.463 e. The third-order valence-corrected chi connectivity index (χ3v) is 8.71. The van der Waals surface area contributed by atoms with E-state index in [1.54, 1.807) is 0 Å². The van der Waals surface area contributed by atoms with Gasteiger partial charge in [-0.3, -0.25) is 14.0 Å². The molecule has 4 atom stereocenters. The van der Waals surface area contributed by atoms with Crippen LogP contribution in [-0.2, 0) is 29.8 Å². The molecular weight excluding hydrogens is 552 g/mol. The Balaban J connectivity index is 2.45. The van der Waals surface area contributed by atoms with E-state index in [2.05, 4.69) is 11.5 Å². The Bertz CT molecular complexity index is 944. The van der Waals surface area contributed by atoms with Crippen LogP contribution in [0.15, 0.2) is 12.7 Å². The molecule has 4 N–H and O–H groups in total. The molecule has 1 fully saturated rings. The number of esters is 1. The third-order valence-electron chi connectivity index (χ3n) is 7.10. The summed E-state index contributed by atoms with van der Waals surface area (Å²) in [6, 6.07) is -0.218. The van der Waals surface area contributed by atoms with E-state index in [4.69, 9.17) is 13.8 Å². The van der Waals surface area contributed by atoms with Crippen molar-refractivity contribution < 1.29 is 50.2 Å². The van der Waals surface area contributed by atoms with Crippen molar-refractivity contribution in [2.45, 2.75) is 82.5 Å². The monoisotopic (exact) mass is 601 g/mol. The van der Waals surface area contributed by atoms with Gasteiger partial charge in [0.25, 0.3) is 20.2 Å². The summed E-state index contributed by atoms with van der Waals surface area (Å²) < 4.78 is 68.2. The van der Waals surface area contributed by atoms with Gasteiger partial charge in [-0.25, -0.2) is 4.79 Å². The largest absolute Gasteiger partial charge is 0.463 e. The van der Waals surface area contributed by atoms with Crippen molar-refractivity contribution in [3.63, 3.8) is 0 Å². The van der Waals surface area contributed by atoms with Gasteiger partial charge >= 0.3 is 5.97 Å². The first-order valence-corrected chi connectivity index (χ1v) is 17.0. The molecule has 0 aromatic rings. The number of quaternary nitrogens is 1. The molecule has 0 saturated carbocycles. The van der Waals surface area contributed by atoms with Gasteiger partial charge in [0.1, 0.15) is 24.2 Å². The molecule has 1 rings (SSSR count). The van der Waals surface area contributed by atoms with Crippen LogP contribution in [0.25, 0.3) is 0 Å². The number of likely N-dealkylation sites (N-methyl/N-ethyl adjacent to an activating group) is 1. The van der Waals surface area contributed by atoms with Crippen molar-refractivity contribution in [1.29, 1.82) is 0 Å². The maximum Gasteiger partial charge on any atom is 0.330 e. The number of ether oxygens (including phenoxy) is 1. The highest BCUT2D eigenvalue weighted by atomic mass is 32.2. The highest BCUT2D eigenvalue weighted by Crippen LogP contribution is 2.22. The van der Waals surface area contributed by atoms with E-state index in [1.165, 1.54) is 0 Å². The van der Waals surface area contributed by atoms with Crippen molar-refractivity contribution in [1.82, 2.24) is 4.90 Å². The summed E-state index contributed by atoms with van der Waals surface area (Å²) in [5.41, 5.74) is 0. The molecule has 0 bridgehead atoms. The van der Waals surface area contributed by atoms with E-state index in [9.17, 15) is 31.8 Å². The Morgan fingerprint density at radius 2 is 1.46 bits per heavy atom. The van der Waals surface area contributed by atoms with Gasteiger partial charge in [-0.1, -0.05) is 51.5 Å². The lowest BCUT2D eigenvalue weighted by Gasteiger charge is -2.47. The van der Waals surface area contributed by atoms with Crippen molar-refractivity contribution in [2.24, 2.45) is 0 Å². The Kier molecular flexibility index (Phi) is 16.2. The smallest absolute Gasteiger partial charge is 0.330 e. The highest BCUT2D eigenvalue weighted by Gasteiger charge is 2.39. The summed E-state index contributed by atoms with van der Waals surface area (Å²) in [6.07, 6.45) is 8.22. The summed E-state index contributed by atoms with van der Waals surface area (Å²) in [6.45, 7) is 6.36. The number of piperazine rings is 1. The lowest BCUT2D eigenvalue weighted by Crippen LogP contribution is -2.64. The van der Waals surface area contributed by atoms with Crippen molar-refractivity contribution in [2.75, 3.05) is 57.9 Å². The summed E-state index contributed by atoms with van der Waals surface area (Å²) in [5, 5.41) is 20.5. The van der Waals surface area contributed by atoms with Gasteiger partial charge in [0.15, 0.2) is 0 Å². The average Bonchev–Trinajstić information content (AvgIpc) is 2.78. The number of carbonyl (C=O) groups is 1. The molecule has 39 heavy (non-hydrogen) atoms. The quantitative estimate of drug-likeness (QED) is 0.0489. The fourth-order valence-corrected chi connectivity index (χ4v) is 6.48. The number of hydrogen-bond donors (Lipinski definition) is 4. The molecule has 0 spiro atoms. The van der Waals surface area contributed by atoms with Gasteiger partial charge in [0.2, 0.25) is 0 Å². The molecule has 0 aromatic carbocycles. The minimum atomic E-state index is -4.33. The van der Waals surface area contributed by atoms with Crippen LogP contribution in [0, 0.1) is 0 Å². The fraction of sp³-hybridized carbons (Fsp3) is 0.880. The number of hydrogen-bond acceptors (Lipinski definition) is 9. The number of aliphatic hydroxyl groups is 2. The van der Waals surface area contributed by atoms with Crippen LogP contribution in [0.4, 0.5) is 0 Å². The molecule has 230 valence electrons. The second-order valence-electron chi connectivity index (χ2n) is 11.0. The lowest BCUT2D eigenvalue weighted by atomic mass is 10.0. The van der Waals surface area contributed by atoms with E-state index in [0.717, 1.165) is 70.4 Å². The second-order valence-corrected chi connectivity index (χ2v) is 14.0. The van der Waals surface area contributed by atoms with Crippen LogP contribution in [0.3, 0.4) is 0 Å². The second kappa shape index (κ2) is 17.6. The van der Waals surface area contributed by atoms with Crippen LogP contribution < -0.4 is 0 Å². The number of rotatable bonds is 21. The predicted octanol–water partition coefficient (Wildman–Crippen LogP) is 1.24. The van der Waals surface area contributed by atoms with Gasteiger partial charge in [0.05, 0.1) is 38.9 Å². The normalized spacial score (nSPS) is 22.3. The minimum absolute atomic E-state index is 0.0957. The van der Waals surface area contributed by atoms with Gasteiger partial charge in [0, 0.05) is 12.6 Å². The van der Waals surface area contributed by atoms with E-state index in [-0.39, 0.29) is 25.0 Å². The molecule has 0 amide bonds. The molecule has 14 heteroatoms. The predicted molar refractivity (Wildman–Crippen MR) is 148 cm³/mol. The van der Waals surface area contributed by atoms with Crippen LogP contribution >= 0.6 is 0 Å². The van der Waals surface area contributed by atoms with Gasteiger partial charge in [-0.15, -0.1) is 0 Å². The van der Waals surface area contributed by atoms with Crippen molar-refractivity contribution in [3.8, 4) is 0 Å². The molecule has 0 aliphatic carbocycles. The van der Waals surface area contributed by atoms with Crippen LogP contribution in [0.5, 0.6) is 0 Å². The molecule has 1 saturated heterocycles. The third kappa shape index (κ3) is 18.0. The molecule has 1 aliphatic heterocycles. The van der Waals surface area contributed by atoms with Gasteiger partial charge < -0.3 is 19.4 Å². The van der Waals surface area contributed by atoms with Crippen LogP contribution in [-0.4, -0.2) is 128 Å². The van der Waals surface area contributed by atoms with Crippen molar-refractivity contribution in [3.05, 3.63) is 12.7 Å². The number of carbonyl (C=O) groups excluding carboxylic acids is 1. The van der Waals surface area contributed by atoms with Gasteiger partial charge in [-0.05, 0) is 25.8 Å². The zero-order chi connectivity index (χ0) is 29.5. The lowest BCUT2D eigenvalue weighted by molar-refractivity contribution is -0.919. The molecule has 0 radical (unpaired) electrons. The van der Waals surface area contributed by atoms with Gasteiger partial charge in [-0.2, -0.15) is 16.8 Å². The molecule has 1 heterocycles. The van der Waals surface area contributed by atoms with Crippen LogP contribution in [0.2, 0.25) is 0 Å². The van der Waals surface area contributed by atoms with Crippen LogP contribution in [0.1, 0.15) is 64.2 Å². The Morgan fingerprint density at radius 1 is 0.949 bits per heavy atom. The van der Waals surface area contributed by atoms with E-state index in [0.29, 0.717) is 30.7 Å². The Labute approximate surface area is 234 Å². The maximum absolute atomic E-state index is 11.2. The first-order chi connectivity index (χ1) is 18.1. The van der Waals surface area contributed by atoms with Crippen molar-refractivity contribution >= 4 is 26.2 Å². The summed E-state index contributed by atoms with van der Waals surface area (Å²) in [7, 11) is -6.79. The SMILES string of the molecule is C=CC(=O)OCCCCCCCCCCCN1CC[N+](C)(CC(O)CS(=O)(=O)O)CC1CC(O)CS(=O)(=O)O.